The lowest BCUT2D eigenvalue weighted by molar-refractivity contribution is -0.118. The number of rotatable bonds is 9. The van der Waals surface area contributed by atoms with Crippen molar-refractivity contribution in [2.24, 2.45) is 0 Å². The summed E-state index contributed by atoms with van der Waals surface area (Å²) in [7, 11) is 1.65. The summed E-state index contributed by atoms with van der Waals surface area (Å²) in [5.41, 5.74) is 1.62. The fraction of sp³-hybridized carbons (Fsp3) is 0.292. The second-order valence-electron chi connectivity index (χ2n) is 7.62. The first-order valence-corrected chi connectivity index (χ1v) is 11.6. The molecule has 1 aliphatic heterocycles. The summed E-state index contributed by atoms with van der Waals surface area (Å²) >= 11 is 8.06. The third-order valence-corrected chi connectivity index (χ3v) is 6.54. The van der Waals surface area contributed by atoms with E-state index in [1.807, 2.05) is 24.3 Å². The quantitative estimate of drug-likeness (QED) is 0.463. The Labute approximate surface area is 196 Å². The molecule has 0 fully saturated rings. The highest BCUT2D eigenvalue weighted by molar-refractivity contribution is 7.09. The van der Waals surface area contributed by atoms with Gasteiger partial charge in [0.1, 0.15) is 5.75 Å². The largest absolute Gasteiger partial charge is 0.497 e. The average Bonchev–Trinajstić information content (AvgIpc) is 3.45. The lowest BCUT2D eigenvalue weighted by atomic mass is 10.1. The van der Waals surface area contributed by atoms with Gasteiger partial charge < -0.3 is 19.5 Å². The number of carbonyl (C=O) groups excluding carboxylic acids is 1. The van der Waals surface area contributed by atoms with E-state index in [0.717, 1.165) is 17.7 Å². The molecule has 0 spiro atoms. The minimum atomic E-state index is -0.141. The van der Waals surface area contributed by atoms with Gasteiger partial charge in [0.25, 0.3) is 0 Å². The molecule has 1 unspecified atom stereocenters. The van der Waals surface area contributed by atoms with Crippen molar-refractivity contribution < 1.29 is 19.0 Å². The summed E-state index contributed by atoms with van der Waals surface area (Å²) in [4.78, 5) is 16.4. The van der Waals surface area contributed by atoms with Gasteiger partial charge in [-0.05, 0) is 42.5 Å². The second kappa shape index (κ2) is 10.3. The van der Waals surface area contributed by atoms with Gasteiger partial charge in [-0.3, -0.25) is 9.69 Å². The Balaban J connectivity index is 1.47. The number of fused-ring (bicyclic) bond motifs is 1. The van der Waals surface area contributed by atoms with E-state index in [0.29, 0.717) is 28.8 Å². The molecule has 8 heteroatoms. The Morgan fingerprint density at radius 1 is 1.22 bits per heavy atom. The van der Waals surface area contributed by atoms with Crippen LogP contribution in [0, 0.1) is 0 Å². The van der Waals surface area contributed by atoms with Crippen LogP contribution in [-0.2, 0) is 17.8 Å². The van der Waals surface area contributed by atoms with Crippen molar-refractivity contribution in [3.63, 3.8) is 0 Å². The lowest BCUT2D eigenvalue weighted by Crippen LogP contribution is -2.40. The lowest BCUT2D eigenvalue weighted by Gasteiger charge is -2.28. The van der Waals surface area contributed by atoms with E-state index in [9.17, 15) is 4.79 Å². The summed E-state index contributed by atoms with van der Waals surface area (Å²) < 4.78 is 16.0. The molecular formula is C24H25ClN2O4S. The standard InChI is InChI=1S/C24H25ClN2O4S/c1-16(10-19-4-3-9-32-19)27(13-17-5-7-18(29-2)8-6-17)14-24(28)26-21-12-23-22(11-20(21)25)30-15-31-23/h3-9,11-12,16H,10,13-15H2,1-2H3,(H,26,28). The molecule has 1 aromatic heterocycles. The molecule has 2 heterocycles. The molecule has 3 aromatic rings. The third-order valence-electron chi connectivity index (χ3n) is 5.33. The maximum Gasteiger partial charge on any atom is 0.238 e. The predicted octanol–water partition coefficient (Wildman–Crippen LogP) is 5.21. The molecule has 0 radical (unpaired) electrons. The van der Waals surface area contributed by atoms with Gasteiger partial charge in [0, 0.05) is 29.6 Å². The Hall–Kier alpha value is -2.74. The van der Waals surface area contributed by atoms with Crippen LogP contribution >= 0.6 is 22.9 Å². The van der Waals surface area contributed by atoms with Crippen LogP contribution in [-0.4, -0.2) is 37.3 Å². The molecule has 0 saturated carbocycles. The Morgan fingerprint density at radius 3 is 2.66 bits per heavy atom. The fourth-order valence-corrected chi connectivity index (χ4v) is 4.60. The van der Waals surface area contributed by atoms with Gasteiger partial charge >= 0.3 is 0 Å². The molecular weight excluding hydrogens is 448 g/mol. The topological polar surface area (TPSA) is 60.0 Å². The SMILES string of the molecule is COc1ccc(CN(CC(=O)Nc2cc3c(cc2Cl)OCO3)C(C)Cc2cccs2)cc1. The van der Waals surface area contributed by atoms with E-state index < -0.39 is 0 Å². The number of methoxy groups -OCH3 is 1. The van der Waals surface area contributed by atoms with Crippen LogP contribution in [0.15, 0.2) is 53.9 Å². The van der Waals surface area contributed by atoms with Crippen LogP contribution in [0.3, 0.4) is 0 Å². The van der Waals surface area contributed by atoms with Crippen LogP contribution in [0.4, 0.5) is 5.69 Å². The van der Waals surface area contributed by atoms with Crippen LogP contribution in [0.2, 0.25) is 5.02 Å². The predicted molar refractivity (Wildman–Crippen MR) is 127 cm³/mol. The van der Waals surface area contributed by atoms with Crippen molar-refractivity contribution in [3.8, 4) is 17.2 Å². The van der Waals surface area contributed by atoms with Crippen molar-refractivity contribution in [2.75, 3.05) is 25.8 Å². The average molecular weight is 473 g/mol. The molecule has 2 aromatic carbocycles. The molecule has 168 valence electrons. The van der Waals surface area contributed by atoms with Gasteiger partial charge in [0.15, 0.2) is 11.5 Å². The number of nitrogens with zero attached hydrogens (tertiary/aromatic N) is 1. The van der Waals surface area contributed by atoms with Crippen LogP contribution in [0.1, 0.15) is 17.4 Å². The number of anilines is 1. The van der Waals surface area contributed by atoms with Crippen molar-refractivity contribution in [3.05, 3.63) is 69.4 Å². The smallest absolute Gasteiger partial charge is 0.238 e. The highest BCUT2D eigenvalue weighted by Crippen LogP contribution is 2.39. The molecule has 0 bridgehead atoms. The number of hydrogen-bond acceptors (Lipinski definition) is 6. The van der Waals surface area contributed by atoms with Crippen LogP contribution < -0.4 is 19.5 Å². The summed E-state index contributed by atoms with van der Waals surface area (Å²) in [6, 6.07) is 15.6. The summed E-state index contributed by atoms with van der Waals surface area (Å²) in [6.07, 6.45) is 0.867. The molecule has 4 rings (SSSR count). The van der Waals surface area contributed by atoms with Gasteiger partial charge in [-0.2, -0.15) is 0 Å². The first-order chi connectivity index (χ1) is 15.5. The zero-order valence-electron chi connectivity index (χ0n) is 18.0. The first-order valence-electron chi connectivity index (χ1n) is 10.3. The number of hydrogen-bond donors (Lipinski definition) is 1. The van der Waals surface area contributed by atoms with E-state index in [2.05, 4.69) is 34.7 Å². The molecule has 1 atom stereocenters. The molecule has 0 aliphatic carbocycles. The van der Waals surface area contributed by atoms with E-state index in [-0.39, 0.29) is 25.3 Å². The fourth-order valence-electron chi connectivity index (χ4n) is 3.57. The third kappa shape index (κ3) is 5.54. The molecule has 6 nitrogen and oxygen atoms in total. The number of nitrogens with one attached hydrogen (secondary N) is 1. The minimum absolute atomic E-state index is 0.141. The maximum absolute atomic E-state index is 13.0. The Morgan fingerprint density at radius 2 is 1.97 bits per heavy atom. The molecule has 1 amide bonds. The highest BCUT2D eigenvalue weighted by atomic mass is 35.5. The number of carbonyl (C=O) groups is 1. The van der Waals surface area contributed by atoms with Crippen molar-refractivity contribution in [1.82, 2.24) is 4.90 Å². The van der Waals surface area contributed by atoms with Gasteiger partial charge in [-0.25, -0.2) is 0 Å². The van der Waals surface area contributed by atoms with Gasteiger partial charge in [0.05, 0.1) is 24.4 Å². The Bertz CT molecular complexity index is 1060. The zero-order chi connectivity index (χ0) is 22.5. The number of ether oxygens (including phenoxy) is 3. The maximum atomic E-state index is 13.0. The molecule has 0 saturated heterocycles. The van der Waals surface area contributed by atoms with Gasteiger partial charge in [-0.15, -0.1) is 11.3 Å². The first kappa shape index (κ1) is 22.5. The summed E-state index contributed by atoms with van der Waals surface area (Å²) in [6.45, 7) is 3.16. The van der Waals surface area contributed by atoms with E-state index in [4.69, 9.17) is 25.8 Å². The highest BCUT2D eigenvalue weighted by Gasteiger charge is 2.21. The number of benzene rings is 2. The second-order valence-corrected chi connectivity index (χ2v) is 9.06. The summed E-state index contributed by atoms with van der Waals surface area (Å²) in [5, 5.41) is 5.41. The van der Waals surface area contributed by atoms with Crippen LogP contribution in [0.25, 0.3) is 0 Å². The number of halogens is 1. The summed E-state index contributed by atoms with van der Waals surface area (Å²) in [5.74, 6) is 1.82. The molecule has 1 aliphatic rings. The van der Waals surface area contributed by atoms with Crippen molar-refractivity contribution in [2.45, 2.75) is 25.9 Å². The zero-order valence-corrected chi connectivity index (χ0v) is 19.5. The minimum Gasteiger partial charge on any atom is -0.497 e. The van der Waals surface area contributed by atoms with E-state index in [1.54, 1.807) is 30.6 Å². The molecule has 32 heavy (non-hydrogen) atoms. The monoisotopic (exact) mass is 472 g/mol. The van der Waals surface area contributed by atoms with E-state index >= 15 is 0 Å². The number of thiophene rings is 1. The Kier molecular flexibility index (Phi) is 7.19. The van der Waals surface area contributed by atoms with Crippen molar-refractivity contribution in [1.29, 1.82) is 0 Å². The normalized spacial score (nSPS) is 13.2. The number of amides is 1. The van der Waals surface area contributed by atoms with Gasteiger partial charge in [0.2, 0.25) is 12.7 Å². The van der Waals surface area contributed by atoms with E-state index in [1.165, 1.54) is 4.88 Å². The van der Waals surface area contributed by atoms with Crippen LogP contribution in [0.5, 0.6) is 17.2 Å². The van der Waals surface area contributed by atoms with Gasteiger partial charge in [-0.1, -0.05) is 29.8 Å². The molecule has 1 N–H and O–H groups in total. The van der Waals surface area contributed by atoms with Crippen molar-refractivity contribution >= 4 is 34.5 Å².